The number of hydrogen-bond acceptors (Lipinski definition) is 7. The van der Waals surface area contributed by atoms with Crippen molar-refractivity contribution in [3.05, 3.63) is 83.8 Å². The second-order valence-electron chi connectivity index (χ2n) is 9.19. The van der Waals surface area contributed by atoms with Crippen LogP contribution >= 0.6 is 0 Å². The van der Waals surface area contributed by atoms with E-state index in [9.17, 15) is 13.2 Å². The van der Waals surface area contributed by atoms with Crippen LogP contribution in [0.25, 0.3) is 22.3 Å². The SMILES string of the molecule is COc1cc(C(C)n2c(N)nc3cc(-c4cnn(CCO)c4)cnc32)ccc1OCc1ccc(C(F)(F)F)cc1. The van der Waals surface area contributed by atoms with E-state index in [2.05, 4.69) is 15.1 Å². The lowest BCUT2D eigenvalue weighted by molar-refractivity contribution is -0.137. The minimum absolute atomic E-state index is 0.00568. The summed E-state index contributed by atoms with van der Waals surface area (Å²) in [5.74, 6) is 1.21. The van der Waals surface area contributed by atoms with Crippen molar-refractivity contribution in [2.24, 2.45) is 0 Å². The van der Waals surface area contributed by atoms with Crippen LogP contribution in [0.4, 0.5) is 19.1 Å². The number of hydrogen-bond donors (Lipinski definition) is 2. The molecule has 0 amide bonds. The quantitative estimate of drug-likeness (QED) is 0.262. The molecule has 0 bridgehead atoms. The summed E-state index contributed by atoms with van der Waals surface area (Å²) >= 11 is 0. The molecule has 2 aromatic carbocycles. The van der Waals surface area contributed by atoms with E-state index >= 15 is 0 Å². The summed E-state index contributed by atoms with van der Waals surface area (Å²) in [6.45, 7) is 2.43. The molecule has 0 aliphatic rings. The van der Waals surface area contributed by atoms with Gasteiger partial charge in [0.15, 0.2) is 17.1 Å². The number of fused-ring (bicyclic) bond motifs is 1. The Morgan fingerprint density at radius 2 is 1.80 bits per heavy atom. The monoisotopic (exact) mass is 552 g/mol. The van der Waals surface area contributed by atoms with Gasteiger partial charge in [-0.2, -0.15) is 18.3 Å². The van der Waals surface area contributed by atoms with Gasteiger partial charge in [-0.25, -0.2) is 9.97 Å². The zero-order chi connectivity index (χ0) is 28.4. The lowest BCUT2D eigenvalue weighted by atomic mass is 10.1. The standard InChI is InChI=1S/C28H27F3N6O3/c1-17(37-26-23(35-27(37)32)11-20(13-33-26)21-14-34-36(15-21)9-10-38)19-5-8-24(25(12-19)39-2)40-16-18-3-6-22(7-4-18)28(29,30)31/h3-8,11-15,17,38H,9-10,16H2,1-2H3,(H2,32,35). The van der Waals surface area contributed by atoms with Crippen molar-refractivity contribution in [1.29, 1.82) is 0 Å². The van der Waals surface area contributed by atoms with Gasteiger partial charge in [-0.05, 0) is 48.4 Å². The van der Waals surface area contributed by atoms with E-state index in [-0.39, 0.29) is 19.3 Å². The van der Waals surface area contributed by atoms with Crippen LogP contribution in [0.2, 0.25) is 0 Å². The van der Waals surface area contributed by atoms with E-state index < -0.39 is 11.7 Å². The number of methoxy groups -OCH3 is 1. The molecule has 3 N–H and O–H groups in total. The van der Waals surface area contributed by atoms with Crippen molar-refractivity contribution in [3.8, 4) is 22.6 Å². The third kappa shape index (κ3) is 5.43. The van der Waals surface area contributed by atoms with E-state index in [1.54, 1.807) is 23.1 Å². The molecule has 0 saturated carbocycles. The second kappa shape index (κ2) is 10.9. The fourth-order valence-corrected chi connectivity index (χ4v) is 4.44. The lowest BCUT2D eigenvalue weighted by Crippen LogP contribution is -2.11. The third-order valence-electron chi connectivity index (χ3n) is 6.59. The second-order valence-corrected chi connectivity index (χ2v) is 9.19. The molecule has 3 aromatic heterocycles. The van der Waals surface area contributed by atoms with Gasteiger partial charge >= 0.3 is 6.18 Å². The fourth-order valence-electron chi connectivity index (χ4n) is 4.44. The maximum Gasteiger partial charge on any atom is 0.416 e. The molecule has 0 aliphatic heterocycles. The minimum Gasteiger partial charge on any atom is -0.493 e. The molecular weight excluding hydrogens is 525 g/mol. The smallest absolute Gasteiger partial charge is 0.416 e. The first kappa shape index (κ1) is 27.0. The summed E-state index contributed by atoms with van der Waals surface area (Å²) in [5.41, 5.74) is 9.97. The molecule has 5 rings (SSSR count). The number of anilines is 1. The van der Waals surface area contributed by atoms with Gasteiger partial charge in [0.25, 0.3) is 0 Å². The average molecular weight is 553 g/mol. The Morgan fingerprint density at radius 1 is 1.02 bits per heavy atom. The van der Waals surface area contributed by atoms with Gasteiger partial charge in [0.05, 0.1) is 38.1 Å². The molecular formula is C28H27F3N6O3. The van der Waals surface area contributed by atoms with Crippen LogP contribution in [0.5, 0.6) is 11.5 Å². The Labute approximate surface area is 227 Å². The highest BCUT2D eigenvalue weighted by molar-refractivity contribution is 5.80. The summed E-state index contributed by atoms with van der Waals surface area (Å²) in [5, 5.41) is 13.4. The molecule has 5 aromatic rings. The summed E-state index contributed by atoms with van der Waals surface area (Å²) in [6, 6.07) is 11.9. The molecule has 0 spiro atoms. The molecule has 208 valence electrons. The zero-order valence-corrected chi connectivity index (χ0v) is 21.8. The number of nitrogens with zero attached hydrogens (tertiary/aromatic N) is 5. The van der Waals surface area contributed by atoms with Crippen molar-refractivity contribution < 1.29 is 27.8 Å². The number of imidazole rings is 1. The highest BCUT2D eigenvalue weighted by Gasteiger charge is 2.30. The van der Waals surface area contributed by atoms with Crippen LogP contribution in [-0.4, -0.2) is 43.1 Å². The Bertz CT molecular complexity index is 1630. The first-order chi connectivity index (χ1) is 19.2. The van der Waals surface area contributed by atoms with Crippen LogP contribution in [0.1, 0.15) is 29.7 Å². The number of alkyl halides is 3. The molecule has 0 aliphatic carbocycles. The summed E-state index contributed by atoms with van der Waals surface area (Å²) < 4.78 is 53.3. The van der Waals surface area contributed by atoms with Gasteiger partial charge in [0.1, 0.15) is 12.1 Å². The fraction of sp³-hybridized carbons (Fsp3) is 0.250. The van der Waals surface area contributed by atoms with Crippen molar-refractivity contribution in [2.45, 2.75) is 32.3 Å². The first-order valence-corrected chi connectivity index (χ1v) is 12.4. The van der Waals surface area contributed by atoms with Crippen molar-refractivity contribution >= 4 is 17.1 Å². The molecule has 9 nitrogen and oxygen atoms in total. The van der Waals surface area contributed by atoms with Gasteiger partial charge < -0.3 is 20.3 Å². The first-order valence-electron chi connectivity index (χ1n) is 12.4. The van der Waals surface area contributed by atoms with Gasteiger partial charge in [-0.15, -0.1) is 0 Å². The molecule has 1 atom stereocenters. The lowest BCUT2D eigenvalue weighted by Gasteiger charge is -2.18. The van der Waals surface area contributed by atoms with Crippen LogP contribution in [0.15, 0.2) is 67.1 Å². The predicted molar refractivity (Wildman–Crippen MR) is 143 cm³/mol. The molecule has 12 heteroatoms. The summed E-state index contributed by atoms with van der Waals surface area (Å²) in [6.07, 6.45) is 0.873. The number of benzene rings is 2. The maximum atomic E-state index is 12.8. The molecule has 1 unspecified atom stereocenters. The van der Waals surface area contributed by atoms with Crippen LogP contribution < -0.4 is 15.2 Å². The molecule has 40 heavy (non-hydrogen) atoms. The van der Waals surface area contributed by atoms with Crippen molar-refractivity contribution in [3.63, 3.8) is 0 Å². The topological polar surface area (TPSA) is 113 Å². The van der Waals surface area contributed by atoms with E-state index in [4.69, 9.17) is 20.3 Å². The Kier molecular flexibility index (Phi) is 7.35. The number of aliphatic hydroxyl groups is 1. The van der Waals surface area contributed by atoms with Crippen molar-refractivity contribution in [2.75, 3.05) is 19.5 Å². The minimum atomic E-state index is -4.39. The summed E-state index contributed by atoms with van der Waals surface area (Å²) in [7, 11) is 1.52. The summed E-state index contributed by atoms with van der Waals surface area (Å²) in [4.78, 5) is 9.15. The number of aromatic nitrogens is 5. The van der Waals surface area contributed by atoms with Gasteiger partial charge in [0, 0.05) is 23.5 Å². The zero-order valence-electron chi connectivity index (χ0n) is 21.8. The predicted octanol–water partition coefficient (Wildman–Crippen LogP) is 5.09. The van der Waals surface area contributed by atoms with Gasteiger partial charge in [0.2, 0.25) is 5.95 Å². The number of aliphatic hydroxyl groups excluding tert-OH is 1. The van der Waals surface area contributed by atoms with Gasteiger partial charge in [-0.1, -0.05) is 18.2 Å². The van der Waals surface area contributed by atoms with E-state index in [0.29, 0.717) is 40.7 Å². The van der Waals surface area contributed by atoms with Crippen molar-refractivity contribution in [1.82, 2.24) is 24.3 Å². The number of nitrogen functional groups attached to an aromatic ring is 1. The molecule has 0 saturated heterocycles. The largest absolute Gasteiger partial charge is 0.493 e. The highest BCUT2D eigenvalue weighted by atomic mass is 19.4. The van der Waals surface area contributed by atoms with E-state index in [1.165, 1.54) is 19.2 Å². The molecule has 3 heterocycles. The number of rotatable bonds is 9. The van der Waals surface area contributed by atoms with Gasteiger partial charge in [-0.3, -0.25) is 9.25 Å². The number of ether oxygens (including phenoxy) is 2. The highest BCUT2D eigenvalue weighted by Crippen LogP contribution is 2.35. The van der Waals surface area contributed by atoms with Crippen LogP contribution in [0, 0.1) is 0 Å². The normalized spacial score (nSPS) is 12.6. The van der Waals surface area contributed by atoms with E-state index in [1.807, 2.05) is 35.9 Å². The number of halogens is 3. The van der Waals surface area contributed by atoms with E-state index in [0.717, 1.165) is 28.8 Å². The average Bonchev–Trinajstić information content (AvgIpc) is 3.54. The molecule has 0 fully saturated rings. The van der Waals surface area contributed by atoms with Crippen LogP contribution in [0.3, 0.4) is 0 Å². The maximum absolute atomic E-state index is 12.8. The third-order valence-corrected chi connectivity index (χ3v) is 6.59. The Hall–Kier alpha value is -4.58. The Balaban J connectivity index is 1.36. The number of pyridine rings is 1. The number of nitrogens with two attached hydrogens (primary N) is 1. The molecule has 0 radical (unpaired) electrons. The van der Waals surface area contributed by atoms with Crippen LogP contribution in [-0.2, 0) is 19.3 Å². The Morgan fingerprint density at radius 3 is 2.50 bits per heavy atom.